The van der Waals surface area contributed by atoms with Crippen LogP contribution in [-0.2, 0) is 15.6 Å². The molecule has 0 aliphatic heterocycles. The summed E-state index contributed by atoms with van der Waals surface area (Å²) in [6, 6.07) is 6.36. The minimum Gasteiger partial charge on any atom is -0.494 e. The molecule has 2 aliphatic carbocycles. The number of esters is 1. The van der Waals surface area contributed by atoms with E-state index in [9.17, 15) is 9.59 Å². The lowest BCUT2D eigenvalue weighted by Crippen LogP contribution is -2.43. The highest BCUT2D eigenvalue weighted by Crippen LogP contribution is 2.52. The highest BCUT2D eigenvalue weighted by molar-refractivity contribution is 7.15. The van der Waals surface area contributed by atoms with Gasteiger partial charge in [0.05, 0.1) is 30.7 Å². The second kappa shape index (κ2) is 10.1. The minimum absolute atomic E-state index is 0.0709. The average Bonchev–Trinajstić information content (AvgIpc) is 3.61. The maximum atomic E-state index is 13.5. The number of hydrogen-bond donors (Lipinski definition) is 0. The number of benzene rings is 1. The molecule has 3 aromatic rings. The highest BCUT2D eigenvalue weighted by atomic mass is 32.1. The molecule has 1 fully saturated rings. The topological polar surface area (TPSA) is 66.8 Å². The van der Waals surface area contributed by atoms with E-state index >= 15 is 0 Å². The smallest absolute Gasteiger partial charge is 0.343 e. The lowest BCUT2D eigenvalue weighted by Gasteiger charge is -2.43. The molecule has 2 aromatic heterocycles. The van der Waals surface area contributed by atoms with Crippen molar-refractivity contribution in [2.24, 2.45) is 5.41 Å². The minimum atomic E-state index is -1.98. The second-order valence-corrected chi connectivity index (χ2v) is 19.5. The number of rotatable bonds is 7. The molecule has 2 aliphatic rings. The number of carbonyl (C=O) groups is 1. The Labute approximate surface area is 242 Å². The van der Waals surface area contributed by atoms with E-state index in [4.69, 9.17) is 13.9 Å². The van der Waals surface area contributed by atoms with E-state index in [0.717, 1.165) is 41.6 Å². The summed E-state index contributed by atoms with van der Waals surface area (Å²) in [6.45, 7) is 18.2. The van der Waals surface area contributed by atoms with E-state index in [1.165, 1.54) is 10.4 Å². The first-order valence-corrected chi connectivity index (χ1v) is 18.1. The van der Waals surface area contributed by atoms with Gasteiger partial charge in [-0.15, -0.1) is 11.3 Å². The predicted molar refractivity (Wildman–Crippen MR) is 165 cm³/mol. The maximum absolute atomic E-state index is 13.5. The number of hydrogen-bond acceptors (Lipinski definition) is 6. The molecule has 0 N–H and O–H groups in total. The van der Waals surface area contributed by atoms with E-state index in [1.54, 1.807) is 31.6 Å². The predicted octanol–water partition coefficient (Wildman–Crippen LogP) is 8.29. The van der Waals surface area contributed by atoms with Crippen molar-refractivity contribution in [2.45, 2.75) is 97.5 Å². The van der Waals surface area contributed by atoms with Crippen LogP contribution in [-0.4, -0.2) is 32.6 Å². The number of aromatic nitrogens is 1. The molecule has 8 heteroatoms. The number of methoxy groups -OCH3 is 1. The van der Waals surface area contributed by atoms with Gasteiger partial charge in [-0.3, -0.25) is 4.79 Å². The van der Waals surface area contributed by atoms with Crippen LogP contribution in [0.4, 0.5) is 0 Å². The van der Waals surface area contributed by atoms with Crippen molar-refractivity contribution in [1.29, 1.82) is 0 Å². The van der Waals surface area contributed by atoms with Gasteiger partial charge in [0.25, 0.3) is 0 Å². The molecule has 1 unspecified atom stereocenters. The van der Waals surface area contributed by atoms with E-state index in [0.29, 0.717) is 11.1 Å². The normalized spacial score (nSPS) is 19.0. The first-order chi connectivity index (χ1) is 18.7. The van der Waals surface area contributed by atoms with Gasteiger partial charge in [-0.1, -0.05) is 34.6 Å². The summed E-state index contributed by atoms with van der Waals surface area (Å²) >= 11 is 1.79. The van der Waals surface area contributed by atoms with Crippen LogP contribution in [0.25, 0.3) is 21.3 Å². The van der Waals surface area contributed by atoms with Crippen molar-refractivity contribution in [3.8, 4) is 16.2 Å². The quantitative estimate of drug-likeness (QED) is 0.207. The summed E-state index contributed by atoms with van der Waals surface area (Å²) in [7, 11) is -0.316. The van der Waals surface area contributed by atoms with Crippen LogP contribution in [0.3, 0.4) is 0 Å². The van der Waals surface area contributed by atoms with Crippen molar-refractivity contribution in [3.05, 3.63) is 50.6 Å². The van der Waals surface area contributed by atoms with Crippen LogP contribution in [0.5, 0.6) is 5.75 Å². The summed E-state index contributed by atoms with van der Waals surface area (Å²) in [6.07, 6.45) is 5.76. The summed E-state index contributed by atoms with van der Waals surface area (Å²) in [4.78, 5) is 28.5. The van der Waals surface area contributed by atoms with Gasteiger partial charge in [0, 0.05) is 27.6 Å². The highest BCUT2D eigenvalue weighted by Gasteiger charge is 2.43. The molecule has 0 radical (unpaired) electrons. The van der Waals surface area contributed by atoms with Crippen molar-refractivity contribution in [1.82, 2.24) is 4.57 Å². The van der Waals surface area contributed by atoms with Gasteiger partial charge in [-0.25, -0.2) is 4.79 Å². The Morgan fingerprint density at radius 1 is 1.20 bits per heavy atom. The molecular formula is C32H43NO5SSi. The number of carbonyl (C=O) groups excluding carboxylic acids is 1. The molecule has 6 nitrogen and oxygen atoms in total. The number of fused-ring (bicyclic) bond motifs is 2. The summed E-state index contributed by atoms with van der Waals surface area (Å²) in [5.74, 6) is 0.102. The molecule has 0 amide bonds. The second-order valence-electron chi connectivity index (χ2n) is 13.7. The Balaban J connectivity index is 1.66. The van der Waals surface area contributed by atoms with Gasteiger partial charge in [-0.05, 0) is 79.9 Å². The van der Waals surface area contributed by atoms with Gasteiger partial charge >= 0.3 is 5.97 Å². The van der Waals surface area contributed by atoms with Crippen LogP contribution >= 0.6 is 11.3 Å². The van der Waals surface area contributed by atoms with E-state index in [1.807, 2.05) is 12.1 Å². The molecular weight excluding hydrogens is 539 g/mol. The molecule has 1 aromatic carbocycles. The summed E-state index contributed by atoms with van der Waals surface area (Å²) < 4.78 is 20.4. The summed E-state index contributed by atoms with van der Waals surface area (Å²) in [5, 5.41) is 0.616. The van der Waals surface area contributed by atoms with Gasteiger partial charge in [0.1, 0.15) is 5.56 Å². The molecule has 5 rings (SSSR count). The van der Waals surface area contributed by atoms with Crippen LogP contribution in [0.15, 0.2) is 29.2 Å². The molecule has 1 atom stereocenters. The zero-order valence-corrected chi connectivity index (χ0v) is 27.2. The summed E-state index contributed by atoms with van der Waals surface area (Å²) in [5.41, 5.74) is 2.97. The monoisotopic (exact) mass is 581 g/mol. The maximum Gasteiger partial charge on any atom is 0.343 e. The van der Waals surface area contributed by atoms with Gasteiger partial charge in [0.2, 0.25) is 5.43 Å². The van der Waals surface area contributed by atoms with E-state index < -0.39 is 14.3 Å². The van der Waals surface area contributed by atoms with Gasteiger partial charge in [-0.2, -0.15) is 0 Å². The van der Waals surface area contributed by atoms with Crippen LogP contribution in [0.1, 0.15) is 93.7 Å². The lowest BCUT2D eigenvalue weighted by atomic mass is 9.76. The number of thiophene rings is 1. The number of ether oxygens (including phenoxy) is 2. The third-order valence-corrected chi connectivity index (χ3v) is 14.6. The first kappa shape index (κ1) is 29.1. The molecule has 2 heterocycles. The molecule has 40 heavy (non-hydrogen) atoms. The number of nitrogens with zero attached hydrogens (tertiary/aromatic N) is 1. The largest absolute Gasteiger partial charge is 0.494 e. The Kier molecular flexibility index (Phi) is 7.37. The van der Waals surface area contributed by atoms with Crippen molar-refractivity contribution in [2.75, 3.05) is 13.7 Å². The molecule has 0 spiro atoms. The average molecular weight is 582 g/mol. The fourth-order valence-corrected chi connectivity index (χ4v) is 8.20. The fourth-order valence-electron chi connectivity index (χ4n) is 5.61. The Morgan fingerprint density at radius 2 is 1.90 bits per heavy atom. The van der Waals surface area contributed by atoms with Crippen molar-refractivity contribution >= 4 is 36.5 Å². The molecule has 0 saturated heterocycles. The van der Waals surface area contributed by atoms with Crippen LogP contribution < -0.4 is 10.2 Å². The standard InChI is InChI=1S/C32H43NO5SSi/c1-10-37-30(35)23-18-33(20-11-12-20)26-22(27(23)34)14-13-21(28(26)36-7)25-15-19-16-32(5,6)17-24(29(19)39-25)38-40(8,9)31(2,3)4/h13-15,18,20,24H,10-12,16-17H2,1-9H3. The van der Waals surface area contributed by atoms with Crippen LogP contribution in [0.2, 0.25) is 18.1 Å². The van der Waals surface area contributed by atoms with E-state index in [-0.39, 0.29) is 40.2 Å². The van der Waals surface area contributed by atoms with Gasteiger partial charge < -0.3 is 18.5 Å². The van der Waals surface area contributed by atoms with Crippen LogP contribution in [0, 0.1) is 5.41 Å². The van der Waals surface area contributed by atoms with Gasteiger partial charge in [0.15, 0.2) is 14.1 Å². The molecule has 1 saturated carbocycles. The Morgan fingerprint density at radius 3 is 2.50 bits per heavy atom. The molecule has 216 valence electrons. The fraction of sp³-hybridized carbons (Fsp3) is 0.562. The SMILES string of the molecule is CCOC(=O)c1cn(C2CC2)c2c(OC)c(-c3cc4c(s3)C(O[Si](C)(C)C(C)(C)C)CC(C)(C)C4)ccc2c1=O. The third-order valence-electron chi connectivity index (χ3n) is 8.84. The van der Waals surface area contributed by atoms with E-state index in [2.05, 4.69) is 58.3 Å². The Bertz CT molecular complexity index is 1520. The first-order valence-electron chi connectivity index (χ1n) is 14.4. The van der Waals surface area contributed by atoms with Crippen molar-refractivity contribution in [3.63, 3.8) is 0 Å². The molecule has 0 bridgehead atoms. The Hall–Kier alpha value is -2.42. The lowest BCUT2D eigenvalue weighted by molar-refractivity contribution is 0.0524. The van der Waals surface area contributed by atoms with Crippen molar-refractivity contribution < 1.29 is 18.7 Å². The zero-order valence-electron chi connectivity index (χ0n) is 25.4. The third kappa shape index (κ3) is 5.18. The number of pyridine rings is 1. The zero-order chi connectivity index (χ0) is 29.2.